The zero-order valence-electron chi connectivity index (χ0n) is 9.17. The summed E-state index contributed by atoms with van der Waals surface area (Å²) in [5.74, 6) is 1.56. The van der Waals surface area contributed by atoms with Crippen LogP contribution in [0.25, 0.3) is 11.3 Å². The summed E-state index contributed by atoms with van der Waals surface area (Å²) in [4.78, 5) is 11.0. The Bertz CT molecular complexity index is 558. The molecule has 0 radical (unpaired) electrons. The van der Waals surface area contributed by atoms with Gasteiger partial charge < -0.3 is 4.42 Å². The van der Waals surface area contributed by atoms with Crippen LogP contribution in [0.15, 0.2) is 43.7 Å². The van der Waals surface area contributed by atoms with Crippen molar-refractivity contribution in [2.45, 2.75) is 13.3 Å². The average molecular weight is 358 g/mol. The molecule has 17 heavy (non-hydrogen) atoms. The number of ketones is 1. The van der Waals surface area contributed by atoms with Crippen LogP contribution in [0.4, 0.5) is 0 Å². The lowest BCUT2D eigenvalue weighted by molar-refractivity contribution is -0.116. The van der Waals surface area contributed by atoms with Gasteiger partial charge in [-0.1, -0.05) is 15.9 Å². The highest BCUT2D eigenvalue weighted by molar-refractivity contribution is 9.11. The number of furan rings is 1. The second-order valence-electron chi connectivity index (χ2n) is 3.77. The lowest BCUT2D eigenvalue weighted by Gasteiger charge is -2.01. The average Bonchev–Trinajstić information content (AvgIpc) is 2.65. The molecule has 0 atom stereocenters. The summed E-state index contributed by atoms with van der Waals surface area (Å²) in [7, 11) is 0. The molecule has 0 bridgehead atoms. The van der Waals surface area contributed by atoms with E-state index in [4.69, 9.17) is 4.42 Å². The van der Waals surface area contributed by atoms with Crippen LogP contribution in [0.3, 0.4) is 0 Å². The number of rotatable bonds is 3. The lowest BCUT2D eigenvalue weighted by Crippen LogP contribution is -1.93. The Morgan fingerprint density at radius 1 is 1.24 bits per heavy atom. The molecule has 2 aromatic rings. The van der Waals surface area contributed by atoms with Crippen molar-refractivity contribution in [1.29, 1.82) is 0 Å². The van der Waals surface area contributed by atoms with Crippen LogP contribution in [0, 0.1) is 0 Å². The van der Waals surface area contributed by atoms with Crippen molar-refractivity contribution in [2.75, 3.05) is 0 Å². The summed E-state index contributed by atoms with van der Waals surface area (Å²) in [5.41, 5.74) is 0.975. The lowest BCUT2D eigenvalue weighted by atomic mass is 10.2. The van der Waals surface area contributed by atoms with E-state index in [9.17, 15) is 4.79 Å². The van der Waals surface area contributed by atoms with Gasteiger partial charge in [-0.15, -0.1) is 0 Å². The maximum atomic E-state index is 11.0. The fourth-order valence-corrected chi connectivity index (χ4v) is 2.79. The molecule has 0 saturated carbocycles. The molecule has 0 unspecified atom stereocenters. The molecule has 0 amide bonds. The maximum absolute atomic E-state index is 11.0. The molecule has 0 fully saturated rings. The highest BCUT2D eigenvalue weighted by atomic mass is 79.9. The third-order valence-electron chi connectivity index (χ3n) is 2.28. The normalized spacial score (nSPS) is 10.5. The van der Waals surface area contributed by atoms with Crippen molar-refractivity contribution >= 4 is 37.6 Å². The molecule has 2 nitrogen and oxygen atoms in total. The second-order valence-corrected chi connectivity index (χ2v) is 5.54. The topological polar surface area (TPSA) is 30.2 Å². The van der Waals surface area contributed by atoms with E-state index in [0.717, 1.165) is 20.3 Å². The first kappa shape index (κ1) is 12.6. The monoisotopic (exact) mass is 356 g/mol. The zero-order chi connectivity index (χ0) is 12.4. The Balaban J connectivity index is 2.33. The molecule has 0 aliphatic carbocycles. The minimum atomic E-state index is 0.0979. The fraction of sp³-hybridized carbons (Fsp3) is 0.154. The Morgan fingerprint density at radius 3 is 2.65 bits per heavy atom. The van der Waals surface area contributed by atoms with Crippen LogP contribution in [-0.2, 0) is 11.2 Å². The highest BCUT2D eigenvalue weighted by Gasteiger charge is 2.09. The van der Waals surface area contributed by atoms with Crippen LogP contribution in [0.5, 0.6) is 0 Å². The van der Waals surface area contributed by atoms with E-state index in [-0.39, 0.29) is 5.78 Å². The molecular formula is C13H10Br2O2. The summed E-state index contributed by atoms with van der Waals surface area (Å²) in [6.45, 7) is 1.55. The summed E-state index contributed by atoms with van der Waals surface area (Å²) < 4.78 is 7.59. The summed E-state index contributed by atoms with van der Waals surface area (Å²) >= 11 is 6.89. The second kappa shape index (κ2) is 5.19. The van der Waals surface area contributed by atoms with E-state index in [1.54, 1.807) is 6.92 Å². The van der Waals surface area contributed by atoms with Crippen molar-refractivity contribution < 1.29 is 9.21 Å². The predicted octanol–water partition coefficient (Wildman–Crippen LogP) is 4.60. The van der Waals surface area contributed by atoms with Crippen LogP contribution in [0.2, 0.25) is 0 Å². The van der Waals surface area contributed by atoms with Gasteiger partial charge in [0.15, 0.2) is 0 Å². The first-order valence-corrected chi connectivity index (χ1v) is 6.68. The Kier molecular flexibility index (Phi) is 3.84. The quantitative estimate of drug-likeness (QED) is 0.803. The third kappa shape index (κ3) is 3.07. The standard InChI is InChI=1S/C13H10Br2O2/c1-8(16)6-10-3-5-13(17-10)11-4-2-9(14)7-12(11)15/h2-5,7H,6H2,1H3. The number of Topliss-reactive ketones (excluding diaryl/α,β-unsaturated/α-hetero) is 1. The van der Waals surface area contributed by atoms with E-state index in [1.165, 1.54) is 0 Å². The van der Waals surface area contributed by atoms with Gasteiger partial charge in [0, 0.05) is 14.5 Å². The van der Waals surface area contributed by atoms with Gasteiger partial charge in [-0.2, -0.15) is 0 Å². The van der Waals surface area contributed by atoms with Crippen molar-refractivity contribution in [1.82, 2.24) is 0 Å². The SMILES string of the molecule is CC(=O)Cc1ccc(-c2ccc(Br)cc2Br)o1. The molecule has 0 spiro atoms. The molecule has 0 aliphatic rings. The smallest absolute Gasteiger partial charge is 0.137 e. The summed E-state index contributed by atoms with van der Waals surface area (Å²) in [6.07, 6.45) is 0.341. The molecule has 1 heterocycles. The highest BCUT2D eigenvalue weighted by Crippen LogP contribution is 2.31. The first-order valence-electron chi connectivity index (χ1n) is 5.10. The molecule has 2 rings (SSSR count). The fourth-order valence-electron chi connectivity index (χ4n) is 1.55. The van der Waals surface area contributed by atoms with E-state index in [1.807, 2.05) is 30.3 Å². The van der Waals surface area contributed by atoms with Crippen LogP contribution in [0.1, 0.15) is 12.7 Å². The van der Waals surface area contributed by atoms with Gasteiger partial charge in [-0.3, -0.25) is 4.79 Å². The van der Waals surface area contributed by atoms with Crippen molar-refractivity contribution in [3.8, 4) is 11.3 Å². The summed E-state index contributed by atoms with van der Waals surface area (Å²) in [6, 6.07) is 9.60. The number of halogens is 2. The van der Waals surface area contributed by atoms with Crippen molar-refractivity contribution in [3.63, 3.8) is 0 Å². The Morgan fingerprint density at radius 2 is 2.00 bits per heavy atom. The van der Waals surface area contributed by atoms with Gasteiger partial charge in [0.25, 0.3) is 0 Å². The van der Waals surface area contributed by atoms with E-state index in [0.29, 0.717) is 12.2 Å². The van der Waals surface area contributed by atoms with Gasteiger partial charge in [0.1, 0.15) is 17.3 Å². The molecule has 4 heteroatoms. The maximum Gasteiger partial charge on any atom is 0.137 e. The largest absolute Gasteiger partial charge is 0.461 e. The van der Waals surface area contributed by atoms with Crippen LogP contribution in [-0.4, -0.2) is 5.78 Å². The predicted molar refractivity (Wildman–Crippen MR) is 73.9 cm³/mol. The van der Waals surface area contributed by atoms with E-state index < -0.39 is 0 Å². The minimum Gasteiger partial charge on any atom is -0.461 e. The van der Waals surface area contributed by atoms with E-state index >= 15 is 0 Å². The van der Waals surface area contributed by atoms with Crippen LogP contribution >= 0.6 is 31.9 Å². The number of carbonyl (C=O) groups is 1. The van der Waals surface area contributed by atoms with Gasteiger partial charge in [-0.05, 0) is 53.2 Å². The molecule has 0 aliphatic heterocycles. The molecular weight excluding hydrogens is 348 g/mol. The van der Waals surface area contributed by atoms with Gasteiger partial charge >= 0.3 is 0 Å². The molecule has 0 N–H and O–H groups in total. The van der Waals surface area contributed by atoms with Crippen LogP contribution < -0.4 is 0 Å². The van der Waals surface area contributed by atoms with Gasteiger partial charge in [0.2, 0.25) is 0 Å². The zero-order valence-corrected chi connectivity index (χ0v) is 12.3. The number of carbonyl (C=O) groups excluding carboxylic acids is 1. The summed E-state index contributed by atoms with van der Waals surface area (Å²) in [5, 5.41) is 0. The number of hydrogen-bond acceptors (Lipinski definition) is 2. The number of benzene rings is 1. The molecule has 88 valence electrons. The molecule has 1 aromatic carbocycles. The van der Waals surface area contributed by atoms with Gasteiger partial charge in [0.05, 0.1) is 6.42 Å². The van der Waals surface area contributed by atoms with E-state index in [2.05, 4.69) is 31.9 Å². The number of hydrogen-bond donors (Lipinski definition) is 0. The van der Waals surface area contributed by atoms with Crippen molar-refractivity contribution in [2.24, 2.45) is 0 Å². The van der Waals surface area contributed by atoms with Gasteiger partial charge in [-0.25, -0.2) is 0 Å². The Hall–Kier alpha value is -0.870. The first-order chi connectivity index (χ1) is 8.06. The molecule has 0 saturated heterocycles. The minimum absolute atomic E-state index is 0.0979. The molecule has 1 aromatic heterocycles. The van der Waals surface area contributed by atoms with Crippen molar-refractivity contribution in [3.05, 3.63) is 45.0 Å². The third-order valence-corrected chi connectivity index (χ3v) is 3.43. The Labute approximate surface area is 116 Å².